The van der Waals surface area contributed by atoms with Gasteiger partial charge in [-0.3, -0.25) is 4.57 Å². The van der Waals surface area contributed by atoms with E-state index in [4.69, 9.17) is 9.47 Å². The fourth-order valence-corrected chi connectivity index (χ4v) is 2.33. The molecule has 0 aliphatic rings. The number of aromatic nitrogens is 1. The average molecular weight is 346 g/mol. The van der Waals surface area contributed by atoms with Gasteiger partial charge >= 0.3 is 12.2 Å². The van der Waals surface area contributed by atoms with Crippen molar-refractivity contribution in [3.8, 4) is 0 Å². The van der Waals surface area contributed by atoms with Crippen LogP contribution in [0.1, 0.15) is 47.1 Å². The molecular formula is C19H26N2O4. The molecule has 1 aromatic carbocycles. The topological polar surface area (TPSA) is 69.6 Å². The molecule has 1 aromatic heterocycles. The molecule has 0 atom stereocenters. The number of nitrogens with zero attached hydrogens (tertiary/aromatic N) is 1. The first-order valence-electron chi connectivity index (χ1n) is 8.25. The fraction of sp³-hybridized carbons (Fsp3) is 0.474. The zero-order chi connectivity index (χ0) is 18.8. The number of alkyl carbamates (subject to hydrolysis) is 1. The Bertz CT molecular complexity index is 779. The summed E-state index contributed by atoms with van der Waals surface area (Å²) in [5, 5.41) is 3.60. The molecule has 0 radical (unpaired) electrons. The molecule has 0 saturated heterocycles. The third kappa shape index (κ3) is 5.24. The third-order valence-corrected chi connectivity index (χ3v) is 3.21. The van der Waals surface area contributed by atoms with E-state index in [1.807, 2.05) is 45.0 Å². The van der Waals surface area contributed by atoms with Gasteiger partial charge in [0.1, 0.15) is 11.2 Å². The smallest absolute Gasteiger partial charge is 0.419 e. The maximum absolute atomic E-state index is 12.4. The monoisotopic (exact) mass is 346 g/mol. The lowest BCUT2D eigenvalue weighted by atomic mass is 10.2. The number of para-hydroxylation sites is 1. The van der Waals surface area contributed by atoms with Crippen molar-refractivity contribution in [3.63, 3.8) is 0 Å². The molecule has 0 aliphatic heterocycles. The number of nitrogens with one attached hydrogen (secondary N) is 1. The first-order chi connectivity index (χ1) is 11.5. The third-order valence-electron chi connectivity index (χ3n) is 3.21. The predicted octanol–water partition coefficient (Wildman–Crippen LogP) is 4.45. The van der Waals surface area contributed by atoms with Crippen molar-refractivity contribution in [1.29, 1.82) is 0 Å². The average Bonchev–Trinajstić information content (AvgIpc) is 2.80. The van der Waals surface area contributed by atoms with Crippen LogP contribution < -0.4 is 5.32 Å². The molecule has 0 saturated carbocycles. The Balaban J connectivity index is 2.24. The lowest BCUT2D eigenvalue weighted by molar-refractivity contribution is 0.0521. The molecule has 0 unspecified atom stereocenters. The summed E-state index contributed by atoms with van der Waals surface area (Å²) in [4.78, 5) is 24.3. The van der Waals surface area contributed by atoms with Crippen molar-refractivity contribution in [2.24, 2.45) is 0 Å². The number of benzene rings is 1. The summed E-state index contributed by atoms with van der Waals surface area (Å²) in [6.07, 6.45) is 0.740. The van der Waals surface area contributed by atoms with Crippen molar-refractivity contribution in [1.82, 2.24) is 9.88 Å². The van der Waals surface area contributed by atoms with Gasteiger partial charge in [-0.25, -0.2) is 9.59 Å². The highest BCUT2D eigenvalue weighted by molar-refractivity contribution is 5.92. The summed E-state index contributed by atoms with van der Waals surface area (Å²) < 4.78 is 12.2. The standard InChI is InChI=1S/C19H26N2O4/c1-18(2,3)24-16(22)20-11-13-12-21(17(23)25-19(4,5)6)15-10-8-7-9-14(13)15/h7-10,12H,11H2,1-6H3,(H,20,22). The van der Waals surface area contributed by atoms with E-state index < -0.39 is 23.4 Å². The minimum Gasteiger partial charge on any atom is -0.444 e. The second-order valence-electron chi connectivity index (χ2n) is 7.88. The van der Waals surface area contributed by atoms with Gasteiger partial charge in [0.25, 0.3) is 0 Å². The van der Waals surface area contributed by atoms with Crippen molar-refractivity contribution in [2.75, 3.05) is 0 Å². The summed E-state index contributed by atoms with van der Waals surface area (Å²) in [6, 6.07) is 7.49. The van der Waals surface area contributed by atoms with E-state index >= 15 is 0 Å². The van der Waals surface area contributed by atoms with Gasteiger partial charge in [-0.15, -0.1) is 0 Å². The zero-order valence-electron chi connectivity index (χ0n) is 15.7. The number of hydrogen-bond donors (Lipinski definition) is 1. The first kappa shape index (κ1) is 18.8. The van der Waals surface area contributed by atoms with E-state index in [0.717, 1.165) is 16.5 Å². The van der Waals surface area contributed by atoms with Gasteiger partial charge in [0, 0.05) is 18.1 Å². The molecule has 6 heteroatoms. The van der Waals surface area contributed by atoms with Crippen molar-refractivity contribution in [2.45, 2.75) is 59.3 Å². The molecule has 6 nitrogen and oxygen atoms in total. The quantitative estimate of drug-likeness (QED) is 0.872. The van der Waals surface area contributed by atoms with Gasteiger partial charge < -0.3 is 14.8 Å². The number of hydrogen-bond acceptors (Lipinski definition) is 4. The van der Waals surface area contributed by atoms with Gasteiger partial charge in [0.15, 0.2) is 0 Å². The first-order valence-corrected chi connectivity index (χ1v) is 8.25. The SMILES string of the molecule is CC(C)(C)OC(=O)NCc1cn(C(=O)OC(C)(C)C)c2ccccc12. The minimum atomic E-state index is -0.586. The largest absolute Gasteiger partial charge is 0.444 e. The van der Waals surface area contributed by atoms with Gasteiger partial charge in [-0.05, 0) is 53.2 Å². The summed E-state index contributed by atoms with van der Waals surface area (Å²) in [6.45, 7) is 11.1. The zero-order valence-corrected chi connectivity index (χ0v) is 15.7. The van der Waals surface area contributed by atoms with Crippen LogP contribution in [-0.4, -0.2) is 28.0 Å². The van der Waals surface area contributed by atoms with E-state index in [0.29, 0.717) is 0 Å². The van der Waals surface area contributed by atoms with Crippen molar-refractivity contribution < 1.29 is 19.1 Å². The van der Waals surface area contributed by atoms with E-state index in [1.54, 1.807) is 27.0 Å². The molecular weight excluding hydrogens is 320 g/mol. The molecule has 0 aliphatic carbocycles. The van der Waals surface area contributed by atoms with Gasteiger partial charge in [0.05, 0.1) is 5.52 Å². The summed E-state index contributed by atoms with van der Waals surface area (Å²) in [7, 11) is 0. The Labute approximate surface area is 148 Å². The van der Waals surface area contributed by atoms with Gasteiger partial charge in [-0.2, -0.15) is 0 Å². The van der Waals surface area contributed by atoms with Crippen LogP contribution in [0.15, 0.2) is 30.5 Å². The number of carbonyl (C=O) groups is 2. The molecule has 1 N–H and O–H groups in total. The van der Waals surface area contributed by atoms with Crippen LogP contribution in [0.5, 0.6) is 0 Å². The van der Waals surface area contributed by atoms with Crippen LogP contribution >= 0.6 is 0 Å². The lowest BCUT2D eigenvalue weighted by Gasteiger charge is -2.19. The van der Waals surface area contributed by atoms with Gasteiger partial charge in [-0.1, -0.05) is 18.2 Å². The number of ether oxygens (including phenoxy) is 2. The Morgan fingerprint density at radius 1 is 1.00 bits per heavy atom. The molecule has 1 heterocycles. The molecule has 2 rings (SSSR count). The Hall–Kier alpha value is -2.50. The van der Waals surface area contributed by atoms with Crippen molar-refractivity contribution >= 4 is 23.1 Å². The highest BCUT2D eigenvalue weighted by atomic mass is 16.6. The fourth-order valence-electron chi connectivity index (χ4n) is 2.33. The molecule has 0 spiro atoms. The number of rotatable bonds is 2. The molecule has 25 heavy (non-hydrogen) atoms. The Kier molecular flexibility index (Phi) is 5.11. The molecule has 136 valence electrons. The highest BCUT2D eigenvalue weighted by Crippen LogP contribution is 2.23. The molecule has 0 bridgehead atoms. The van der Waals surface area contributed by atoms with Crippen molar-refractivity contribution in [3.05, 3.63) is 36.0 Å². The summed E-state index contributed by atoms with van der Waals surface area (Å²) in [5.74, 6) is 0. The Morgan fingerprint density at radius 2 is 1.60 bits per heavy atom. The number of fused-ring (bicyclic) bond motifs is 1. The maximum atomic E-state index is 12.4. The van der Waals surface area contributed by atoms with E-state index in [2.05, 4.69) is 5.32 Å². The van der Waals surface area contributed by atoms with Crippen LogP contribution in [0.2, 0.25) is 0 Å². The maximum Gasteiger partial charge on any atom is 0.419 e. The summed E-state index contributed by atoms with van der Waals surface area (Å²) >= 11 is 0. The van der Waals surface area contributed by atoms with E-state index in [9.17, 15) is 9.59 Å². The second kappa shape index (κ2) is 6.78. The molecule has 1 amide bonds. The number of carbonyl (C=O) groups excluding carboxylic acids is 2. The van der Waals surface area contributed by atoms with Gasteiger partial charge in [0.2, 0.25) is 0 Å². The Morgan fingerprint density at radius 3 is 2.20 bits per heavy atom. The van der Waals surface area contributed by atoms with E-state index in [1.165, 1.54) is 4.57 Å². The highest BCUT2D eigenvalue weighted by Gasteiger charge is 2.21. The van der Waals surface area contributed by atoms with Crippen LogP contribution in [0, 0.1) is 0 Å². The molecule has 0 fully saturated rings. The minimum absolute atomic E-state index is 0.255. The second-order valence-corrected chi connectivity index (χ2v) is 7.88. The summed E-state index contributed by atoms with van der Waals surface area (Å²) in [5.41, 5.74) is 0.400. The normalized spacial score (nSPS) is 12.1. The van der Waals surface area contributed by atoms with Crippen LogP contribution in [0.25, 0.3) is 10.9 Å². The molecule has 2 aromatic rings. The predicted molar refractivity (Wildman–Crippen MR) is 96.6 cm³/mol. The van der Waals surface area contributed by atoms with E-state index in [-0.39, 0.29) is 6.54 Å². The number of amides is 1. The van der Waals surface area contributed by atoms with Crippen LogP contribution in [0.4, 0.5) is 9.59 Å². The van der Waals surface area contributed by atoms with Crippen LogP contribution in [-0.2, 0) is 16.0 Å². The van der Waals surface area contributed by atoms with Crippen LogP contribution in [0.3, 0.4) is 0 Å². The lowest BCUT2D eigenvalue weighted by Crippen LogP contribution is -2.32.